The van der Waals surface area contributed by atoms with Crippen LogP contribution in [-0.4, -0.2) is 22.2 Å². The molecule has 122 valence electrons. The van der Waals surface area contributed by atoms with E-state index in [0.717, 1.165) is 35.7 Å². The van der Waals surface area contributed by atoms with Crippen LogP contribution in [0.5, 0.6) is 11.6 Å². The van der Waals surface area contributed by atoms with Crippen molar-refractivity contribution < 1.29 is 9.84 Å². The molecule has 0 saturated heterocycles. The molecule has 4 nitrogen and oxygen atoms in total. The van der Waals surface area contributed by atoms with E-state index in [1.807, 2.05) is 12.1 Å². The van der Waals surface area contributed by atoms with E-state index in [4.69, 9.17) is 4.74 Å². The van der Waals surface area contributed by atoms with Gasteiger partial charge in [0.1, 0.15) is 11.4 Å². The summed E-state index contributed by atoms with van der Waals surface area (Å²) in [7, 11) is 1.62. The van der Waals surface area contributed by atoms with Crippen molar-refractivity contribution in [2.75, 3.05) is 7.11 Å². The third-order valence-corrected chi connectivity index (χ3v) is 5.42. The Balaban J connectivity index is 1.43. The van der Waals surface area contributed by atoms with Gasteiger partial charge in [-0.2, -0.15) is 0 Å². The molecule has 1 aromatic carbocycles. The minimum absolute atomic E-state index is 0.0674. The lowest BCUT2D eigenvalue weighted by atomic mass is 9.92. The molecule has 4 rings (SSSR count). The van der Waals surface area contributed by atoms with Crippen molar-refractivity contribution in [1.82, 2.24) is 9.97 Å². The van der Waals surface area contributed by atoms with Crippen LogP contribution < -0.4 is 4.74 Å². The van der Waals surface area contributed by atoms with E-state index < -0.39 is 0 Å². The molecular formula is C19H24N2O2. The first-order chi connectivity index (χ1) is 11.2. The molecule has 2 aliphatic rings. The SMILES string of the molecule is COc1ccc2nc(CCCC3(CC4CC4)CC3)c(O)nc2c1. The number of aromatic hydroxyl groups is 1. The van der Waals surface area contributed by atoms with Crippen LogP contribution in [0.2, 0.25) is 0 Å². The molecule has 4 heteroatoms. The van der Waals surface area contributed by atoms with E-state index in [9.17, 15) is 5.11 Å². The fourth-order valence-electron chi connectivity index (χ4n) is 3.65. The quantitative estimate of drug-likeness (QED) is 0.830. The fourth-order valence-corrected chi connectivity index (χ4v) is 3.65. The molecule has 2 aromatic rings. The molecule has 2 saturated carbocycles. The van der Waals surface area contributed by atoms with Crippen molar-refractivity contribution in [2.45, 2.75) is 51.4 Å². The monoisotopic (exact) mass is 312 g/mol. The second-order valence-corrected chi connectivity index (χ2v) is 7.35. The standard InChI is InChI=1S/C19H24N2O2/c1-23-14-6-7-15-17(11-14)21-18(22)16(20-15)3-2-8-19(9-10-19)12-13-4-5-13/h6-7,11,13H,2-5,8-10,12H2,1H3,(H,21,22). The Morgan fingerprint density at radius 3 is 2.74 bits per heavy atom. The second kappa shape index (κ2) is 5.66. The van der Waals surface area contributed by atoms with Gasteiger partial charge >= 0.3 is 0 Å². The topological polar surface area (TPSA) is 55.2 Å². The van der Waals surface area contributed by atoms with Crippen molar-refractivity contribution in [3.05, 3.63) is 23.9 Å². The van der Waals surface area contributed by atoms with Crippen LogP contribution in [0.3, 0.4) is 0 Å². The molecule has 0 bridgehead atoms. The molecule has 0 amide bonds. The number of methoxy groups -OCH3 is 1. The maximum atomic E-state index is 10.2. The molecule has 0 spiro atoms. The van der Waals surface area contributed by atoms with Gasteiger partial charge in [-0.25, -0.2) is 9.97 Å². The molecule has 0 atom stereocenters. The molecule has 0 aliphatic heterocycles. The zero-order valence-corrected chi connectivity index (χ0v) is 13.7. The maximum Gasteiger partial charge on any atom is 0.233 e. The van der Waals surface area contributed by atoms with Gasteiger partial charge in [0.2, 0.25) is 5.88 Å². The van der Waals surface area contributed by atoms with E-state index >= 15 is 0 Å². The Labute approximate surface area is 136 Å². The summed E-state index contributed by atoms with van der Waals surface area (Å²) in [6, 6.07) is 5.59. The zero-order valence-electron chi connectivity index (χ0n) is 13.7. The predicted octanol–water partition coefficient (Wildman–Crippen LogP) is 4.25. The van der Waals surface area contributed by atoms with Gasteiger partial charge in [-0.1, -0.05) is 12.8 Å². The van der Waals surface area contributed by atoms with Crippen molar-refractivity contribution in [3.63, 3.8) is 0 Å². The highest BCUT2D eigenvalue weighted by molar-refractivity contribution is 5.76. The number of aryl methyl sites for hydroxylation is 1. The number of ether oxygens (including phenoxy) is 1. The zero-order chi connectivity index (χ0) is 15.9. The summed E-state index contributed by atoms with van der Waals surface area (Å²) in [5.74, 6) is 1.81. The van der Waals surface area contributed by atoms with E-state index in [1.54, 1.807) is 13.2 Å². The average Bonchev–Trinajstić information content (AvgIpc) is 3.47. The summed E-state index contributed by atoms with van der Waals surface area (Å²) < 4.78 is 5.19. The Morgan fingerprint density at radius 2 is 2.04 bits per heavy atom. The van der Waals surface area contributed by atoms with Crippen molar-refractivity contribution in [2.24, 2.45) is 11.3 Å². The Morgan fingerprint density at radius 1 is 1.22 bits per heavy atom. The second-order valence-electron chi connectivity index (χ2n) is 7.35. The van der Waals surface area contributed by atoms with Crippen LogP contribution in [0.1, 0.15) is 50.6 Å². The van der Waals surface area contributed by atoms with Gasteiger partial charge in [-0.05, 0) is 62.0 Å². The first kappa shape index (κ1) is 14.7. The van der Waals surface area contributed by atoms with Crippen LogP contribution in [0, 0.1) is 11.3 Å². The summed E-state index contributed by atoms with van der Waals surface area (Å²) >= 11 is 0. The molecular weight excluding hydrogens is 288 g/mol. The van der Waals surface area contributed by atoms with Crippen molar-refractivity contribution in [3.8, 4) is 11.6 Å². The fraction of sp³-hybridized carbons (Fsp3) is 0.579. The Bertz CT molecular complexity index is 721. The summed E-state index contributed by atoms with van der Waals surface area (Å²) in [5.41, 5.74) is 2.86. The first-order valence-corrected chi connectivity index (χ1v) is 8.71. The van der Waals surface area contributed by atoms with Crippen LogP contribution in [-0.2, 0) is 6.42 Å². The minimum atomic E-state index is 0.0674. The Hall–Kier alpha value is -1.84. The number of nitrogens with zero attached hydrogens (tertiary/aromatic N) is 2. The molecule has 0 radical (unpaired) electrons. The van der Waals surface area contributed by atoms with Gasteiger partial charge in [0.25, 0.3) is 0 Å². The molecule has 1 N–H and O–H groups in total. The van der Waals surface area contributed by atoms with Crippen molar-refractivity contribution >= 4 is 11.0 Å². The smallest absolute Gasteiger partial charge is 0.233 e. The van der Waals surface area contributed by atoms with Gasteiger partial charge in [0.15, 0.2) is 0 Å². The van der Waals surface area contributed by atoms with Crippen LogP contribution >= 0.6 is 0 Å². The molecule has 2 aliphatic carbocycles. The van der Waals surface area contributed by atoms with E-state index in [0.29, 0.717) is 10.9 Å². The normalized spacial score (nSPS) is 19.0. The number of hydrogen-bond donors (Lipinski definition) is 1. The summed E-state index contributed by atoms with van der Waals surface area (Å²) in [4.78, 5) is 8.88. The lowest BCUT2D eigenvalue weighted by Gasteiger charge is -2.14. The third kappa shape index (κ3) is 3.26. The highest BCUT2D eigenvalue weighted by Gasteiger charge is 2.45. The van der Waals surface area contributed by atoms with Gasteiger partial charge in [0, 0.05) is 6.07 Å². The van der Waals surface area contributed by atoms with Gasteiger partial charge < -0.3 is 9.84 Å². The van der Waals surface area contributed by atoms with E-state index in [1.165, 1.54) is 38.5 Å². The van der Waals surface area contributed by atoms with Crippen molar-refractivity contribution in [1.29, 1.82) is 0 Å². The first-order valence-electron chi connectivity index (χ1n) is 8.71. The number of aromatic nitrogens is 2. The van der Waals surface area contributed by atoms with Gasteiger partial charge in [0.05, 0.1) is 18.1 Å². The van der Waals surface area contributed by atoms with E-state index in [2.05, 4.69) is 9.97 Å². The number of benzene rings is 1. The largest absolute Gasteiger partial charge is 0.497 e. The molecule has 2 fully saturated rings. The van der Waals surface area contributed by atoms with E-state index in [-0.39, 0.29) is 5.88 Å². The summed E-state index contributed by atoms with van der Waals surface area (Å²) in [6.45, 7) is 0. The van der Waals surface area contributed by atoms with Gasteiger partial charge in [-0.3, -0.25) is 0 Å². The highest BCUT2D eigenvalue weighted by atomic mass is 16.5. The summed E-state index contributed by atoms with van der Waals surface area (Å²) in [5, 5.41) is 10.2. The highest BCUT2D eigenvalue weighted by Crippen LogP contribution is 2.57. The molecule has 1 aromatic heterocycles. The molecule has 0 unspecified atom stereocenters. The average molecular weight is 312 g/mol. The maximum absolute atomic E-state index is 10.2. The summed E-state index contributed by atoms with van der Waals surface area (Å²) in [6.07, 6.45) is 10.3. The molecule has 23 heavy (non-hydrogen) atoms. The van der Waals surface area contributed by atoms with Gasteiger partial charge in [-0.15, -0.1) is 0 Å². The minimum Gasteiger partial charge on any atom is -0.497 e. The lowest BCUT2D eigenvalue weighted by molar-refractivity contribution is 0.387. The lowest BCUT2D eigenvalue weighted by Crippen LogP contribution is -2.03. The number of rotatable bonds is 7. The van der Waals surface area contributed by atoms with Crippen LogP contribution in [0.4, 0.5) is 0 Å². The predicted molar refractivity (Wildman–Crippen MR) is 89.7 cm³/mol. The van der Waals surface area contributed by atoms with Crippen LogP contribution in [0.15, 0.2) is 18.2 Å². The Kier molecular flexibility index (Phi) is 3.63. The number of hydrogen-bond acceptors (Lipinski definition) is 4. The van der Waals surface area contributed by atoms with Crippen LogP contribution in [0.25, 0.3) is 11.0 Å². The third-order valence-electron chi connectivity index (χ3n) is 5.42. The molecule has 1 heterocycles. The number of fused-ring (bicyclic) bond motifs is 1.